The maximum absolute atomic E-state index is 10.3. The van der Waals surface area contributed by atoms with Crippen molar-refractivity contribution in [3.63, 3.8) is 0 Å². The van der Waals surface area contributed by atoms with Crippen molar-refractivity contribution in [3.05, 3.63) is 40.3 Å². The highest BCUT2D eigenvalue weighted by atomic mass is 32.1. The van der Waals surface area contributed by atoms with Crippen LogP contribution in [0.25, 0.3) is 0 Å². The van der Waals surface area contributed by atoms with E-state index in [2.05, 4.69) is 5.10 Å². The molecule has 80 valence electrons. The molecule has 0 saturated carbocycles. The number of hydrogen-bond donors (Lipinski definition) is 1. The van der Waals surface area contributed by atoms with Crippen LogP contribution in [0.3, 0.4) is 0 Å². The predicted octanol–water partition coefficient (Wildman–Crippen LogP) is 1.93. The van der Waals surface area contributed by atoms with E-state index in [4.69, 9.17) is 0 Å². The van der Waals surface area contributed by atoms with E-state index in [-0.39, 0.29) is 0 Å². The molecule has 2 aromatic heterocycles. The van der Waals surface area contributed by atoms with E-state index in [0.717, 1.165) is 10.6 Å². The fourth-order valence-electron chi connectivity index (χ4n) is 1.58. The van der Waals surface area contributed by atoms with Gasteiger partial charge in [0.15, 0.2) is 0 Å². The standard InChI is InChI=1S/C11H14N2OS/c1-11(14,10-4-3-7-15-10)8-9-5-6-13(2)12-9/h3-7,14H,8H2,1-2H3. The Kier molecular flexibility index (Phi) is 2.63. The zero-order valence-electron chi connectivity index (χ0n) is 8.84. The summed E-state index contributed by atoms with van der Waals surface area (Å²) in [6, 6.07) is 5.84. The van der Waals surface area contributed by atoms with Crippen LogP contribution < -0.4 is 0 Å². The monoisotopic (exact) mass is 222 g/mol. The van der Waals surface area contributed by atoms with Gasteiger partial charge in [-0.15, -0.1) is 11.3 Å². The molecule has 1 N–H and O–H groups in total. The number of aromatic nitrogens is 2. The molecule has 2 rings (SSSR count). The highest BCUT2D eigenvalue weighted by Crippen LogP contribution is 2.28. The summed E-state index contributed by atoms with van der Waals surface area (Å²) in [6.45, 7) is 1.83. The van der Waals surface area contributed by atoms with Crippen molar-refractivity contribution in [2.24, 2.45) is 7.05 Å². The minimum absolute atomic E-state index is 0.550. The van der Waals surface area contributed by atoms with E-state index in [0.29, 0.717) is 6.42 Å². The number of thiophene rings is 1. The Bertz CT molecular complexity index is 431. The Morgan fingerprint density at radius 1 is 1.53 bits per heavy atom. The largest absolute Gasteiger partial charge is 0.384 e. The predicted molar refractivity (Wildman–Crippen MR) is 60.8 cm³/mol. The summed E-state index contributed by atoms with van der Waals surface area (Å²) in [7, 11) is 1.88. The average molecular weight is 222 g/mol. The number of rotatable bonds is 3. The van der Waals surface area contributed by atoms with Crippen LogP contribution in [0.15, 0.2) is 29.8 Å². The molecule has 0 amide bonds. The van der Waals surface area contributed by atoms with E-state index in [9.17, 15) is 5.11 Å². The molecule has 0 radical (unpaired) electrons. The molecule has 0 saturated heterocycles. The van der Waals surface area contributed by atoms with Crippen LogP contribution >= 0.6 is 11.3 Å². The first kappa shape index (κ1) is 10.4. The van der Waals surface area contributed by atoms with Crippen LogP contribution in [-0.2, 0) is 19.1 Å². The molecule has 0 aliphatic heterocycles. The van der Waals surface area contributed by atoms with Gasteiger partial charge in [-0.25, -0.2) is 0 Å². The van der Waals surface area contributed by atoms with Gasteiger partial charge in [0.25, 0.3) is 0 Å². The molecule has 0 fully saturated rings. The first-order chi connectivity index (χ1) is 7.08. The van der Waals surface area contributed by atoms with Crippen molar-refractivity contribution in [3.8, 4) is 0 Å². The number of hydrogen-bond acceptors (Lipinski definition) is 3. The molecule has 1 atom stereocenters. The molecule has 0 bridgehead atoms. The zero-order valence-corrected chi connectivity index (χ0v) is 9.66. The van der Waals surface area contributed by atoms with Crippen LogP contribution in [0.4, 0.5) is 0 Å². The van der Waals surface area contributed by atoms with Gasteiger partial charge in [-0.1, -0.05) is 6.07 Å². The van der Waals surface area contributed by atoms with Crippen molar-refractivity contribution in [2.45, 2.75) is 18.9 Å². The molecule has 4 heteroatoms. The first-order valence-electron chi connectivity index (χ1n) is 4.83. The molecule has 0 aliphatic carbocycles. The lowest BCUT2D eigenvalue weighted by molar-refractivity contribution is 0.0603. The molecule has 3 nitrogen and oxygen atoms in total. The quantitative estimate of drug-likeness (QED) is 0.861. The molecule has 0 spiro atoms. The van der Waals surface area contributed by atoms with Crippen LogP contribution in [0.2, 0.25) is 0 Å². The minimum Gasteiger partial charge on any atom is -0.384 e. The van der Waals surface area contributed by atoms with Crippen LogP contribution in [0, 0.1) is 0 Å². The molecular weight excluding hydrogens is 208 g/mol. The summed E-state index contributed by atoms with van der Waals surface area (Å²) in [5.41, 5.74) is 0.0959. The maximum atomic E-state index is 10.3. The summed E-state index contributed by atoms with van der Waals surface area (Å²) >= 11 is 1.57. The molecule has 15 heavy (non-hydrogen) atoms. The van der Waals surface area contributed by atoms with Gasteiger partial charge in [0.2, 0.25) is 0 Å². The third-order valence-electron chi connectivity index (χ3n) is 2.35. The summed E-state index contributed by atoms with van der Waals surface area (Å²) in [6.07, 6.45) is 2.44. The van der Waals surface area contributed by atoms with Crippen molar-refractivity contribution in [2.75, 3.05) is 0 Å². The van der Waals surface area contributed by atoms with E-state index in [1.165, 1.54) is 0 Å². The van der Waals surface area contributed by atoms with Crippen molar-refractivity contribution < 1.29 is 5.11 Å². The van der Waals surface area contributed by atoms with Gasteiger partial charge in [-0.3, -0.25) is 4.68 Å². The minimum atomic E-state index is -0.817. The lowest BCUT2D eigenvalue weighted by atomic mass is 9.98. The third-order valence-corrected chi connectivity index (χ3v) is 3.47. The van der Waals surface area contributed by atoms with Gasteiger partial charge in [0.05, 0.1) is 5.69 Å². The first-order valence-corrected chi connectivity index (χ1v) is 5.71. The normalized spacial score (nSPS) is 15.1. The Hall–Kier alpha value is -1.13. The molecular formula is C11H14N2OS. The van der Waals surface area contributed by atoms with Crippen LogP contribution in [-0.4, -0.2) is 14.9 Å². The second-order valence-electron chi connectivity index (χ2n) is 3.91. The number of aryl methyl sites for hydroxylation is 1. The Labute approximate surface area is 93.0 Å². The molecule has 1 unspecified atom stereocenters. The van der Waals surface area contributed by atoms with Crippen molar-refractivity contribution >= 4 is 11.3 Å². The highest BCUT2D eigenvalue weighted by molar-refractivity contribution is 7.10. The van der Waals surface area contributed by atoms with Gasteiger partial charge in [-0.05, 0) is 24.4 Å². The number of nitrogens with zero attached hydrogens (tertiary/aromatic N) is 2. The SMILES string of the molecule is Cn1ccc(CC(C)(O)c2cccs2)n1. The smallest absolute Gasteiger partial charge is 0.102 e. The maximum Gasteiger partial charge on any atom is 0.102 e. The van der Waals surface area contributed by atoms with E-state index in [1.54, 1.807) is 16.0 Å². The summed E-state index contributed by atoms with van der Waals surface area (Å²) in [5, 5.41) is 16.5. The van der Waals surface area contributed by atoms with E-state index < -0.39 is 5.60 Å². The summed E-state index contributed by atoms with van der Waals surface area (Å²) < 4.78 is 1.75. The molecule has 0 aromatic carbocycles. The Balaban J connectivity index is 2.18. The molecule has 0 aliphatic rings. The average Bonchev–Trinajstić information content (AvgIpc) is 2.75. The fraction of sp³-hybridized carbons (Fsp3) is 0.364. The summed E-state index contributed by atoms with van der Waals surface area (Å²) in [4.78, 5) is 0.980. The number of aliphatic hydroxyl groups is 1. The van der Waals surface area contributed by atoms with Gasteiger partial charge >= 0.3 is 0 Å². The Morgan fingerprint density at radius 3 is 2.87 bits per heavy atom. The molecule has 2 heterocycles. The second-order valence-corrected chi connectivity index (χ2v) is 4.86. The molecule has 2 aromatic rings. The highest BCUT2D eigenvalue weighted by Gasteiger charge is 2.25. The van der Waals surface area contributed by atoms with Crippen molar-refractivity contribution in [1.29, 1.82) is 0 Å². The van der Waals surface area contributed by atoms with Gasteiger partial charge in [-0.2, -0.15) is 5.10 Å². The van der Waals surface area contributed by atoms with Gasteiger partial charge < -0.3 is 5.11 Å². The van der Waals surface area contributed by atoms with Crippen LogP contribution in [0.1, 0.15) is 17.5 Å². The topological polar surface area (TPSA) is 38.0 Å². The fourth-order valence-corrected chi connectivity index (χ4v) is 2.37. The van der Waals surface area contributed by atoms with Gasteiger partial charge in [0, 0.05) is 24.5 Å². The second kappa shape index (κ2) is 3.79. The van der Waals surface area contributed by atoms with Crippen LogP contribution in [0.5, 0.6) is 0 Å². The lowest BCUT2D eigenvalue weighted by Crippen LogP contribution is -2.23. The summed E-state index contributed by atoms with van der Waals surface area (Å²) in [5.74, 6) is 0. The van der Waals surface area contributed by atoms with E-state index >= 15 is 0 Å². The van der Waals surface area contributed by atoms with Gasteiger partial charge in [0.1, 0.15) is 5.60 Å². The van der Waals surface area contributed by atoms with E-state index in [1.807, 2.05) is 43.7 Å². The Morgan fingerprint density at radius 2 is 2.33 bits per heavy atom. The lowest BCUT2D eigenvalue weighted by Gasteiger charge is -2.20. The zero-order chi connectivity index (χ0) is 10.9. The van der Waals surface area contributed by atoms with Crippen molar-refractivity contribution in [1.82, 2.24) is 9.78 Å². The third kappa shape index (κ3) is 2.27.